The summed E-state index contributed by atoms with van der Waals surface area (Å²) in [6.07, 6.45) is 10.6. The zero-order valence-corrected chi connectivity index (χ0v) is 21.4. The van der Waals surface area contributed by atoms with Crippen LogP contribution in [0.2, 0.25) is 0 Å². The number of rotatable bonds is 4. The number of fused-ring (bicyclic) bond motifs is 5. The van der Waals surface area contributed by atoms with Crippen LogP contribution in [0.4, 0.5) is 5.69 Å². The molecule has 4 aliphatic heterocycles. The lowest BCUT2D eigenvalue weighted by Crippen LogP contribution is -2.63. The Labute approximate surface area is 207 Å². The predicted octanol–water partition coefficient (Wildman–Crippen LogP) is 3.52. The van der Waals surface area contributed by atoms with Gasteiger partial charge in [0, 0.05) is 49.0 Å². The third kappa shape index (κ3) is 3.36. The standard InChI is InChI=1S/C27H37N7O/c1-19-14-24(21-15-28-31(3)25(21)29-19)32-13-6-23-22(16-32)20(2)30-34(23)17-27-9-7-26(8-10-27,18-35-27)33-11-4-5-12-33/h14-15H,4-13,16-18H2,1-3H3. The van der Waals surface area contributed by atoms with Gasteiger partial charge in [-0.15, -0.1) is 0 Å². The Hall–Kier alpha value is -2.45. The van der Waals surface area contributed by atoms with Crippen molar-refractivity contribution >= 4 is 16.7 Å². The van der Waals surface area contributed by atoms with Crippen molar-refractivity contribution in [3.8, 4) is 0 Å². The van der Waals surface area contributed by atoms with Gasteiger partial charge in [0.1, 0.15) is 0 Å². The van der Waals surface area contributed by atoms with Crippen LogP contribution >= 0.6 is 0 Å². The lowest BCUT2D eigenvalue weighted by molar-refractivity contribution is -0.197. The van der Waals surface area contributed by atoms with Gasteiger partial charge in [-0.05, 0) is 71.5 Å². The quantitative estimate of drug-likeness (QED) is 0.575. The third-order valence-corrected chi connectivity index (χ3v) is 9.44. The Morgan fingerprint density at radius 3 is 2.60 bits per heavy atom. The van der Waals surface area contributed by atoms with Crippen LogP contribution in [0.3, 0.4) is 0 Å². The van der Waals surface area contributed by atoms with E-state index in [-0.39, 0.29) is 5.60 Å². The number of hydrogen-bond donors (Lipinski definition) is 0. The Bertz CT molecular complexity index is 1260. The summed E-state index contributed by atoms with van der Waals surface area (Å²) in [4.78, 5) is 9.94. The Kier molecular flexibility index (Phi) is 4.84. The summed E-state index contributed by atoms with van der Waals surface area (Å²) in [5, 5.41) is 10.7. The number of likely N-dealkylation sites (tertiary alicyclic amines) is 1. The van der Waals surface area contributed by atoms with E-state index in [0.29, 0.717) is 5.54 Å². The first-order chi connectivity index (χ1) is 17.0. The molecule has 4 fully saturated rings. The summed E-state index contributed by atoms with van der Waals surface area (Å²) in [7, 11) is 1.97. The van der Waals surface area contributed by atoms with E-state index < -0.39 is 0 Å². The van der Waals surface area contributed by atoms with Crippen LogP contribution in [0.1, 0.15) is 61.2 Å². The molecule has 186 valence electrons. The van der Waals surface area contributed by atoms with Gasteiger partial charge in [-0.25, -0.2) is 4.98 Å². The number of aromatic nitrogens is 5. The second-order valence-corrected chi connectivity index (χ2v) is 11.5. The molecule has 8 nitrogen and oxygen atoms in total. The Morgan fingerprint density at radius 1 is 1.06 bits per heavy atom. The van der Waals surface area contributed by atoms with Crippen LogP contribution in [-0.4, -0.2) is 66.8 Å². The molecule has 1 aliphatic carbocycles. The van der Waals surface area contributed by atoms with Crippen LogP contribution < -0.4 is 4.90 Å². The van der Waals surface area contributed by atoms with Crippen molar-refractivity contribution in [3.63, 3.8) is 0 Å². The van der Waals surface area contributed by atoms with E-state index in [1.165, 1.54) is 68.6 Å². The van der Waals surface area contributed by atoms with Crippen LogP contribution in [0.15, 0.2) is 12.3 Å². The number of pyridine rings is 1. The normalized spacial score (nSPS) is 28.8. The first kappa shape index (κ1) is 21.8. The van der Waals surface area contributed by atoms with Crippen LogP contribution in [0, 0.1) is 13.8 Å². The molecule has 8 rings (SSSR count). The van der Waals surface area contributed by atoms with E-state index in [0.717, 1.165) is 55.1 Å². The zero-order valence-electron chi connectivity index (χ0n) is 21.4. The molecule has 0 aromatic carbocycles. The third-order valence-electron chi connectivity index (χ3n) is 9.44. The van der Waals surface area contributed by atoms with Gasteiger partial charge in [-0.1, -0.05) is 0 Å². The zero-order chi connectivity index (χ0) is 23.8. The maximum Gasteiger partial charge on any atom is 0.159 e. The van der Waals surface area contributed by atoms with E-state index in [1.807, 2.05) is 17.9 Å². The average Bonchev–Trinajstić information content (AvgIpc) is 3.61. The SMILES string of the molecule is Cc1cc(N2CCc3c(c(C)nn3CC34CCC(N5CCCC5)(CC3)CO4)C2)c2cnn(C)c2n1. The first-order valence-electron chi connectivity index (χ1n) is 13.4. The molecular formula is C27H37N7O. The summed E-state index contributed by atoms with van der Waals surface area (Å²) in [6.45, 7) is 10.5. The summed E-state index contributed by atoms with van der Waals surface area (Å²) in [5.74, 6) is 0. The maximum atomic E-state index is 6.71. The van der Waals surface area contributed by atoms with Crippen LogP contribution in [-0.2, 0) is 31.3 Å². The summed E-state index contributed by atoms with van der Waals surface area (Å²) < 4.78 is 10.9. The maximum absolute atomic E-state index is 6.71. The highest BCUT2D eigenvalue weighted by atomic mass is 16.5. The van der Waals surface area contributed by atoms with Gasteiger partial charge >= 0.3 is 0 Å². The molecular weight excluding hydrogens is 438 g/mol. The highest BCUT2D eigenvalue weighted by molar-refractivity contribution is 5.89. The molecule has 0 spiro atoms. The smallest absolute Gasteiger partial charge is 0.159 e. The minimum atomic E-state index is -0.0328. The fourth-order valence-corrected chi connectivity index (χ4v) is 7.30. The Balaban J connectivity index is 1.12. The van der Waals surface area contributed by atoms with Crippen molar-refractivity contribution in [3.05, 3.63) is 34.9 Å². The lowest BCUT2D eigenvalue weighted by atomic mass is 9.70. The molecule has 35 heavy (non-hydrogen) atoms. The average molecular weight is 476 g/mol. The van der Waals surface area contributed by atoms with Crippen molar-refractivity contribution in [2.75, 3.05) is 31.1 Å². The van der Waals surface area contributed by atoms with Crippen LogP contribution in [0.25, 0.3) is 11.0 Å². The van der Waals surface area contributed by atoms with Crippen molar-refractivity contribution in [1.29, 1.82) is 0 Å². The van der Waals surface area contributed by atoms with Crippen molar-refractivity contribution in [2.24, 2.45) is 7.05 Å². The molecule has 7 heterocycles. The molecule has 3 aromatic heterocycles. The van der Waals surface area contributed by atoms with E-state index in [9.17, 15) is 0 Å². The summed E-state index contributed by atoms with van der Waals surface area (Å²) in [6, 6.07) is 2.21. The molecule has 0 unspecified atom stereocenters. The van der Waals surface area contributed by atoms with Gasteiger partial charge < -0.3 is 9.64 Å². The van der Waals surface area contributed by atoms with Gasteiger partial charge in [-0.3, -0.25) is 14.3 Å². The monoisotopic (exact) mass is 475 g/mol. The summed E-state index contributed by atoms with van der Waals surface area (Å²) in [5.41, 5.74) is 7.46. The van der Waals surface area contributed by atoms with Crippen molar-refractivity contribution < 1.29 is 4.74 Å². The van der Waals surface area contributed by atoms with Crippen molar-refractivity contribution in [1.82, 2.24) is 29.4 Å². The second-order valence-electron chi connectivity index (χ2n) is 11.5. The second kappa shape index (κ2) is 7.77. The summed E-state index contributed by atoms with van der Waals surface area (Å²) >= 11 is 0. The Morgan fingerprint density at radius 2 is 1.86 bits per heavy atom. The fourth-order valence-electron chi connectivity index (χ4n) is 7.30. The van der Waals surface area contributed by atoms with Gasteiger partial charge in [0.2, 0.25) is 0 Å². The number of ether oxygens (including phenoxy) is 1. The molecule has 0 radical (unpaired) electrons. The van der Waals surface area contributed by atoms with E-state index in [2.05, 4.69) is 39.5 Å². The fraction of sp³-hybridized carbons (Fsp3) is 0.667. The molecule has 0 atom stereocenters. The molecule has 0 amide bonds. The minimum Gasteiger partial charge on any atom is -0.371 e. The highest BCUT2D eigenvalue weighted by Gasteiger charge is 2.53. The molecule has 8 heteroatoms. The van der Waals surface area contributed by atoms with Gasteiger partial charge in [0.25, 0.3) is 0 Å². The molecule has 1 saturated carbocycles. The number of aryl methyl sites for hydroxylation is 3. The molecule has 3 saturated heterocycles. The lowest BCUT2D eigenvalue weighted by Gasteiger charge is -2.56. The number of hydrogen-bond acceptors (Lipinski definition) is 6. The minimum absolute atomic E-state index is 0.0328. The topological polar surface area (TPSA) is 64.2 Å². The molecule has 3 aromatic rings. The molecule has 2 bridgehead atoms. The molecule has 0 N–H and O–H groups in total. The van der Waals surface area contributed by atoms with E-state index >= 15 is 0 Å². The molecule has 5 aliphatic rings. The predicted molar refractivity (Wildman–Crippen MR) is 136 cm³/mol. The van der Waals surface area contributed by atoms with Gasteiger partial charge in [0.15, 0.2) is 5.65 Å². The largest absolute Gasteiger partial charge is 0.371 e. The van der Waals surface area contributed by atoms with E-state index in [1.54, 1.807) is 0 Å². The van der Waals surface area contributed by atoms with E-state index in [4.69, 9.17) is 14.8 Å². The number of anilines is 1. The number of nitrogens with zero attached hydrogens (tertiary/aromatic N) is 7. The van der Waals surface area contributed by atoms with Gasteiger partial charge in [-0.2, -0.15) is 10.2 Å². The van der Waals surface area contributed by atoms with Gasteiger partial charge in [0.05, 0.1) is 41.7 Å². The van der Waals surface area contributed by atoms with Crippen molar-refractivity contribution in [2.45, 2.75) is 83.0 Å². The first-order valence-corrected chi connectivity index (χ1v) is 13.4. The van der Waals surface area contributed by atoms with Crippen LogP contribution in [0.5, 0.6) is 0 Å². The highest BCUT2D eigenvalue weighted by Crippen LogP contribution is 2.48.